The average molecular weight is 467 g/mol. The third-order valence-corrected chi connectivity index (χ3v) is 5.61. The van der Waals surface area contributed by atoms with E-state index in [1.807, 2.05) is 18.4 Å². The van der Waals surface area contributed by atoms with Gasteiger partial charge in [0, 0.05) is 10.9 Å². The number of aromatic nitrogens is 1. The second-order valence-electron chi connectivity index (χ2n) is 6.96. The van der Waals surface area contributed by atoms with E-state index in [2.05, 4.69) is 9.98 Å². The van der Waals surface area contributed by atoms with Gasteiger partial charge >= 0.3 is 5.97 Å². The summed E-state index contributed by atoms with van der Waals surface area (Å²) in [6.07, 6.45) is 1.63. The first-order valence-electron chi connectivity index (χ1n) is 9.97. The maximum absolute atomic E-state index is 12.4. The molecule has 0 fully saturated rings. The van der Waals surface area contributed by atoms with Crippen LogP contribution in [-0.2, 0) is 16.1 Å². The summed E-state index contributed by atoms with van der Waals surface area (Å²) in [5.74, 6) is 1.84. The summed E-state index contributed by atoms with van der Waals surface area (Å²) in [6.45, 7) is 2.29. The molecule has 0 aliphatic carbocycles. The summed E-state index contributed by atoms with van der Waals surface area (Å²) in [4.78, 5) is 21.1. The zero-order valence-corrected chi connectivity index (χ0v) is 19.4. The highest BCUT2D eigenvalue weighted by atomic mass is 32.1. The van der Waals surface area contributed by atoms with Gasteiger partial charge in [-0.1, -0.05) is 6.07 Å². The Hall–Kier alpha value is -3.85. The highest BCUT2D eigenvalue weighted by molar-refractivity contribution is 7.09. The molecule has 0 radical (unpaired) electrons. The van der Waals surface area contributed by atoms with Gasteiger partial charge in [0.25, 0.3) is 0 Å². The molecule has 0 unspecified atom stereocenters. The van der Waals surface area contributed by atoms with Crippen molar-refractivity contribution in [2.75, 3.05) is 21.3 Å². The number of ether oxygens (including phenoxy) is 5. The van der Waals surface area contributed by atoms with Crippen LogP contribution in [0.5, 0.6) is 23.0 Å². The number of hydrogen-bond acceptors (Lipinski definition) is 9. The summed E-state index contributed by atoms with van der Waals surface area (Å²) in [5, 5.41) is 2.94. The van der Waals surface area contributed by atoms with E-state index in [4.69, 9.17) is 23.7 Å². The van der Waals surface area contributed by atoms with E-state index in [0.717, 1.165) is 10.7 Å². The smallest absolute Gasteiger partial charge is 0.363 e. The van der Waals surface area contributed by atoms with Crippen molar-refractivity contribution in [3.63, 3.8) is 0 Å². The fourth-order valence-electron chi connectivity index (χ4n) is 3.18. The quantitative estimate of drug-likeness (QED) is 0.359. The first-order chi connectivity index (χ1) is 16.0. The minimum Gasteiger partial charge on any atom is -0.493 e. The summed E-state index contributed by atoms with van der Waals surface area (Å²) in [6, 6.07) is 10.5. The third kappa shape index (κ3) is 4.98. The van der Waals surface area contributed by atoms with Crippen LogP contribution in [0, 0.1) is 6.92 Å². The van der Waals surface area contributed by atoms with E-state index in [1.54, 1.807) is 62.0 Å². The van der Waals surface area contributed by atoms with Gasteiger partial charge in [-0.2, -0.15) is 0 Å². The predicted molar refractivity (Wildman–Crippen MR) is 124 cm³/mol. The van der Waals surface area contributed by atoms with Crippen molar-refractivity contribution in [1.82, 2.24) is 4.98 Å². The van der Waals surface area contributed by atoms with Gasteiger partial charge in [-0.3, -0.25) is 0 Å². The summed E-state index contributed by atoms with van der Waals surface area (Å²) in [7, 11) is 4.65. The Labute approximate surface area is 195 Å². The average Bonchev–Trinajstić information content (AvgIpc) is 3.42. The first-order valence-corrected chi connectivity index (χ1v) is 10.9. The number of methoxy groups -OCH3 is 3. The van der Waals surface area contributed by atoms with Crippen LogP contribution >= 0.6 is 11.3 Å². The Bertz CT molecular complexity index is 1250. The lowest BCUT2D eigenvalue weighted by molar-refractivity contribution is -0.129. The molecule has 9 heteroatoms. The number of carbonyl (C=O) groups is 1. The summed E-state index contributed by atoms with van der Waals surface area (Å²) < 4.78 is 27.2. The van der Waals surface area contributed by atoms with Gasteiger partial charge in [0.2, 0.25) is 5.90 Å². The molecular formula is C24H22N2O6S. The second-order valence-corrected chi connectivity index (χ2v) is 8.02. The minimum atomic E-state index is -0.544. The Balaban J connectivity index is 1.55. The van der Waals surface area contributed by atoms with Crippen molar-refractivity contribution in [2.24, 2.45) is 4.99 Å². The number of nitrogens with zero attached hydrogens (tertiary/aromatic N) is 2. The number of esters is 1. The van der Waals surface area contributed by atoms with E-state index in [1.165, 1.54) is 7.11 Å². The number of thiazole rings is 1. The predicted octanol–water partition coefficient (Wildman–Crippen LogP) is 4.40. The normalized spacial score (nSPS) is 14.1. The Kier molecular flexibility index (Phi) is 6.60. The molecule has 33 heavy (non-hydrogen) atoms. The van der Waals surface area contributed by atoms with Gasteiger partial charge in [0.1, 0.15) is 6.61 Å². The Morgan fingerprint density at radius 1 is 0.970 bits per heavy atom. The SMILES string of the molecule is COc1ccc(C2=NC(=Cc3ccc(OCc4csc(C)n4)c(OC)c3)C(=O)O2)cc1OC. The van der Waals surface area contributed by atoms with Crippen molar-refractivity contribution in [3.05, 3.63) is 69.3 Å². The molecule has 0 saturated heterocycles. The van der Waals surface area contributed by atoms with Crippen LogP contribution in [0.3, 0.4) is 0 Å². The van der Waals surface area contributed by atoms with Gasteiger partial charge in [-0.25, -0.2) is 14.8 Å². The summed E-state index contributed by atoms with van der Waals surface area (Å²) in [5.41, 5.74) is 2.35. The second kappa shape index (κ2) is 9.74. The van der Waals surface area contributed by atoms with Gasteiger partial charge < -0.3 is 23.7 Å². The fraction of sp³-hybridized carbons (Fsp3) is 0.208. The third-order valence-electron chi connectivity index (χ3n) is 4.78. The zero-order chi connectivity index (χ0) is 23.4. The lowest BCUT2D eigenvalue weighted by Gasteiger charge is -2.10. The Morgan fingerprint density at radius 2 is 1.70 bits per heavy atom. The van der Waals surface area contributed by atoms with Crippen LogP contribution < -0.4 is 18.9 Å². The number of aliphatic imine (C=N–C) groups is 1. The van der Waals surface area contributed by atoms with Crippen molar-refractivity contribution >= 4 is 29.3 Å². The van der Waals surface area contributed by atoms with Crippen LogP contribution in [0.1, 0.15) is 21.8 Å². The van der Waals surface area contributed by atoms with Crippen LogP contribution in [0.25, 0.3) is 6.08 Å². The minimum absolute atomic E-state index is 0.174. The molecule has 170 valence electrons. The van der Waals surface area contributed by atoms with E-state index < -0.39 is 5.97 Å². The monoisotopic (exact) mass is 466 g/mol. The number of hydrogen-bond donors (Lipinski definition) is 0. The van der Waals surface area contributed by atoms with Gasteiger partial charge in [-0.15, -0.1) is 11.3 Å². The molecular weight excluding hydrogens is 444 g/mol. The lowest BCUT2D eigenvalue weighted by Crippen LogP contribution is -2.06. The molecule has 8 nitrogen and oxygen atoms in total. The number of rotatable bonds is 8. The molecule has 0 spiro atoms. The van der Waals surface area contributed by atoms with Crippen LogP contribution in [0.2, 0.25) is 0 Å². The molecule has 1 aliphatic rings. The van der Waals surface area contributed by atoms with E-state index in [0.29, 0.717) is 40.7 Å². The lowest BCUT2D eigenvalue weighted by atomic mass is 10.1. The molecule has 0 bridgehead atoms. The zero-order valence-electron chi connectivity index (χ0n) is 18.6. The number of benzene rings is 2. The Morgan fingerprint density at radius 3 is 2.39 bits per heavy atom. The van der Waals surface area contributed by atoms with E-state index in [9.17, 15) is 4.79 Å². The van der Waals surface area contributed by atoms with E-state index >= 15 is 0 Å². The maximum atomic E-state index is 12.4. The molecule has 3 aromatic rings. The van der Waals surface area contributed by atoms with E-state index in [-0.39, 0.29) is 11.6 Å². The fourth-order valence-corrected chi connectivity index (χ4v) is 3.78. The molecule has 0 amide bonds. The number of carbonyl (C=O) groups excluding carboxylic acids is 1. The van der Waals surface area contributed by atoms with Crippen LogP contribution in [0.15, 0.2) is 52.5 Å². The van der Waals surface area contributed by atoms with Gasteiger partial charge in [-0.05, 0) is 48.9 Å². The molecule has 0 saturated carbocycles. The molecule has 4 rings (SSSR count). The van der Waals surface area contributed by atoms with Crippen molar-refractivity contribution in [1.29, 1.82) is 0 Å². The highest BCUT2D eigenvalue weighted by Crippen LogP contribution is 2.32. The number of cyclic esters (lactones) is 1. The van der Waals surface area contributed by atoms with Crippen LogP contribution in [0.4, 0.5) is 0 Å². The van der Waals surface area contributed by atoms with Gasteiger partial charge in [0.15, 0.2) is 28.7 Å². The van der Waals surface area contributed by atoms with Crippen molar-refractivity contribution < 1.29 is 28.5 Å². The molecule has 1 aromatic heterocycles. The first kappa shape index (κ1) is 22.3. The summed E-state index contributed by atoms with van der Waals surface area (Å²) >= 11 is 1.57. The van der Waals surface area contributed by atoms with Crippen molar-refractivity contribution in [3.8, 4) is 23.0 Å². The molecule has 0 N–H and O–H groups in total. The molecule has 2 heterocycles. The molecule has 2 aromatic carbocycles. The topological polar surface area (TPSA) is 88.5 Å². The molecule has 1 aliphatic heterocycles. The van der Waals surface area contributed by atoms with Crippen molar-refractivity contribution in [2.45, 2.75) is 13.5 Å². The standard InChI is InChI=1S/C24H22N2O6S/c1-14-25-17(13-33-14)12-31-20-7-5-15(10-21(20)29-3)9-18-24(27)32-23(26-18)16-6-8-19(28-2)22(11-16)30-4/h5-11,13H,12H2,1-4H3. The largest absolute Gasteiger partial charge is 0.493 e. The van der Waals surface area contributed by atoms with Gasteiger partial charge in [0.05, 0.1) is 32.0 Å². The number of aryl methyl sites for hydroxylation is 1. The molecule has 0 atom stereocenters. The highest BCUT2D eigenvalue weighted by Gasteiger charge is 2.25. The maximum Gasteiger partial charge on any atom is 0.363 e. The van der Waals surface area contributed by atoms with Crippen LogP contribution in [-0.4, -0.2) is 38.2 Å².